The molecule has 25 heavy (non-hydrogen) atoms. The van der Waals surface area contributed by atoms with Crippen LogP contribution in [-0.2, 0) is 9.53 Å². The molecular formula is C19H23NO3S2. The molecule has 1 aliphatic heterocycles. The van der Waals surface area contributed by atoms with Crippen molar-refractivity contribution in [2.75, 3.05) is 24.5 Å². The lowest BCUT2D eigenvalue weighted by molar-refractivity contribution is -0.124. The molecule has 134 valence electrons. The van der Waals surface area contributed by atoms with E-state index in [0.717, 1.165) is 5.56 Å². The second-order valence-corrected chi connectivity index (χ2v) is 8.48. The summed E-state index contributed by atoms with van der Waals surface area (Å²) in [6, 6.07) is 11.8. The van der Waals surface area contributed by atoms with E-state index in [9.17, 15) is 10.0 Å². The summed E-state index contributed by atoms with van der Waals surface area (Å²) in [5.74, 6) is 0.876. The maximum Gasteiger partial charge on any atom is 0.252 e. The van der Waals surface area contributed by atoms with Crippen LogP contribution < -0.4 is 5.06 Å². The number of carbonyl (C=O) groups is 1. The molecule has 1 N–H and O–H groups in total. The lowest BCUT2D eigenvalue weighted by Crippen LogP contribution is -2.27. The number of thiophene rings is 1. The van der Waals surface area contributed by atoms with Crippen molar-refractivity contribution in [3.05, 3.63) is 41.3 Å². The normalized spacial score (nSPS) is 17.4. The van der Waals surface area contributed by atoms with Crippen LogP contribution in [0.15, 0.2) is 36.4 Å². The molecule has 1 amide bonds. The van der Waals surface area contributed by atoms with Crippen LogP contribution in [0.5, 0.6) is 0 Å². The lowest BCUT2D eigenvalue weighted by atomic mass is 10.1. The van der Waals surface area contributed by atoms with Crippen LogP contribution in [0.3, 0.4) is 0 Å². The topological polar surface area (TPSA) is 49.8 Å². The molecule has 0 unspecified atom stereocenters. The molecule has 0 radical (unpaired) electrons. The van der Waals surface area contributed by atoms with Crippen molar-refractivity contribution in [3.8, 4) is 10.4 Å². The number of ether oxygens (including phenoxy) is 1. The van der Waals surface area contributed by atoms with Crippen LogP contribution in [0, 0.1) is 0 Å². The van der Waals surface area contributed by atoms with Gasteiger partial charge in [0.15, 0.2) is 0 Å². The first-order valence-corrected chi connectivity index (χ1v) is 10.4. The zero-order valence-corrected chi connectivity index (χ0v) is 15.9. The molecule has 0 bridgehead atoms. The number of thioether (sulfide) groups is 1. The van der Waals surface area contributed by atoms with Crippen LogP contribution >= 0.6 is 23.1 Å². The van der Waals surface area contributed by atoms with Crippen LogP contribution in [0.25, 0.3) is 10.4 Å². The minimum atomic E-state index is -0.371. The number of amides is 1. The number of rotatable bonds is 6. The van der Waals surface area contributed by atoms with E-state index in [0.29, 0.717) is 22.6 Å². The van der Waals surface area contributed by atoms with Crippen molar-refractivity contribution in [2.45, 2.75) is 30.9 Å². The molecule has 1 aromatic heterocycles. The molecule has 2 aromatic rings. The highest BCUT2D eigenvalue weighted by Crippen LogP contribution is 2.43. The molecule has 0 spiro atoms. The van der Waals surface area contributed by atoms with Crippen molar-refractivity contribution < 1.29 is 14.7 Å². The Morgan fingerprint density at radius 2 is 2.20 bits per heavy atom. The minimum absolute atomic E-state index is 0.152. The number of hydroxylamine groups is 1. The predicted octanol–water partition coefficient (Wildman–Crippen LogP) is 5.13. The SMILES string of the molecule is COCCC(=O)N(O)c1cccc(-c2ccc([C@@H]3CCCCS3)s2)c1. The highest BCUT2D eigenvalue weighted by molar-refractivity contribution is 7.99. The molecule has 2 heterocycles. The van der Waals surface area contributed by atoms with Gasteiger partial charge in [-0.2, -0.15) is 16.8 Å². The molecule has 1 atom stereocenters. The largest absolute Gasteiger partial charge is 0.384 e. The van der Waals surface area contributed by atoms with Gasteiger partial charge in [0.05, 0.1) is 18.7 Å². The smallest absolute Gasteiger partial charge is 0.252 e. The average molecular weight is 378 g/mol. The summed E-state index contributed by atoms with van der Waals surface area (Å²) < 4.78 is 4.89. The molecule has 0 saturated carbocycles. The van der Waals surface area contributed by atoms with Gasteiger partial charge in [0, 0.05) is 22.1 Å². The minimum Gasteiger partial charge on any atom is -0.384 e. The first kappa shape index (κ1) is 18.5. The summed E-state index contributed by atoms with van der Waals surface area (Å²) in [5, 5.41) is 11.5. The van der Waals surface area contributed by atoms with Crippen LogP contribution in [0.4, 0.5) is 5.69 Å². The number of hydrogen-bond donors (Lipinski definition) is 1. The van der Waals surface area contributed by atoms with Crippen LogP contribution in [0.1, 0.15) is 35.8 Å². The first-order chi connectivity index (χ1) is 12.2. The molecule has 0 aliphatic carbocycles. The number of anilines is 1. The summed E-state index contributed by atoms with van der Waals surface area (Å²) in [4.78, 5) is 14.5. The third kappa shape index (κ3) is 4.64. The fraction of sp³-hybridized carbons (Fsp3) is 0.421. The molecular weight excluding hydrogens is 354 g/mol. The summed E-state index contributed by atoms with van der Waals surface area (Å²) in [7, 11) is 1.54. The van der Waals surface area contributed by atoms with E-state index < -0.39 is 0 Å². The summed E-state index contributed by atoms with van der Waals surface area (Å²) in [6.07, 6.45) is 4.04. The third-order valence-electron chi connectivity index (χ3n) is 4.26. The van der Waals surface area contributed by atoms with Gasteiger partial charge in [-0.25, -0.2) is 0 Å². The van der Waals surface area contributed by atoms with E-state index >= 15 is 0 Å². The zero-order chi connectivity index (χ0) is 17.6. The molecule has 1 aromatic carbocycles. The van der Waals surface area contributed by atoms with E-state index in [1.807, 2.05) is 29.5 Å². The summed E-state index contributed by atoms with van der Waals surface area (Å²) in [6.45, 7) is 0.295. The van der Waals surface area contributed by atoms with E-state index in [2.05, 4.69) is 23.9 Å². The van der Waals surface area contributed by atoms with Crippen molar-refractivity contribution in [1.29, 1.82) is 0 Å². The molecule has 6 heteroatoms. The van der Waals surface area contributed by atoms with E-state index in [-0.39, 0.29) is 12.3 Å². The van der Waals surface area contributed by atoms with Gasteiger partial charge in [0.25, 0.3) is 5.91 Å². The Kier molecular flexibility index (Phi) is 6.53. The van der Waals surface area contributed by atoms with Gasteiger partial charge in [0.2, 0.25) is 0 Å². The maximum atomic E-state index is 12.0. The van der Waals surface area contributed by atoms with Gasteiger partial charge < -0.3 is 4.74 Å². The number of methoxy groups -OCH3 is 1. The van der Waals surface area contributed by atoms with Crippen LogP contribution in [-0.4, -0.2) is 30.6 Å². The number of benzene rings is 1. The van der Waals surface area contributed by atoms with Gasteiger partial charge in [-0.1, -0.05) is 18.6 Å². The Morgan fingerprint density at radius 1 is 1.32 bits per heavy atom. The Bertz CT molecular complexity index is 710. The summed E-state index contributed by atoms with van der Waals surface area (Å²) in [5.41, 5.74) is 1.51. The molecule has 1 fully saturated rings. The molecule has 1 aliphatic rings. The summed E-state index contributed by atoms with van der Waals surface area (Å²) >= 11 is 3.86. The first-order valence-electron chi connectivity index (χ1n) is 8.51. The zero-order valence-electron chi connectivity index (χ0n) is 14.3. The molecule has 3 rings (SSSR count). The third-order valence-corrected chi connectivity index (χ3v) is 7.07. The van der Waals surface area contributed by atoms with Crippen LogP contribution in [0.2, 0.25) is 0 Å². The fourth-order valence-corrected chi connectivity index (χ4v) is 5.48. The maximum absolute atomic E-state index is 12.0. The monoisotopic (exact) mass is 377 g/mol. The van der Waals surface area contributed by atoms with Gasteiger partial charge in [-0.3, -0.25) is 10.0 Å². The van der Waals surface area contributed by atoms with Crippen molar-refractivity contribution in [3.63, 3.8) is 0 Å². The predicted molar refractivity (Wildman–Crippen MR) is 105 cm³/mol. The second-order valence-electron chi connectivity index (χ2n) is 6.06. The Balaban J connectivity index is 1.75. The number of hydrogen-bond acceptors (Lipinski definition) is 5. The van der Waals surface area contributed by atoms with E-state index in [4.69, 9.17) is 4.74 Å². The quantitative estimate of drug-likeness (QED) is 0.560. The fourth-order valence-electron chi connectivity index (χ4n) is 2.88. The second kappa shape index (κ2) is 8.85. The number of nitrogens with zero attached hydrogens (tertiary/aromatic N) is 1. The highest BCUT2D eigenvalue weighted by Gasteiger charge is 2.19. The van der Waals surface area contributed by atoms with Crippen molar-refractivity contribution in [1.82, 2.24) is 0 Å². The van der Waals surface area contributed by atoms with E-state index in [1.54, 1.807) is 6.07 Å². The number of carbonyl (C=O) groups excluding carboxylic acids is 1. The molecule has 4 nitrogen and oxygen atoms in total. The Labute approximate surface area is 156 Å². The lowest BCUT2D eigenvalue weighted by Gasteiger charge is -2.19. The Morgan fingerprint density at radius 3 is 2.96 bits per heavy atom. The van der Waals surface area contributed by atoms with E-state index in [1.165, 1.54) is 41.9 Å². The van der Waals surface area contributed by atoms with Gasteiger partial charge >= 0.3 is 0 Å². The van der Waals surface area contributed by atoms with Gasteiger partial charge in [-0.15, -0.1) is 11.3 Å². The van der Waals surface area contributed by atoms with Crippen molar-refractivity contribution in [2.24, 2.45) is 0 Å². The van der Waals surface area contributed by atoms with Gasteiger partial charge in [-0.05, 0) is 48.4 Å². The Hall–Kier alpha value is -1.34. The van der Waals surface area contributed by atoms with Gasteiger partial charge in [0.1, 0.15) is 0 Å². The standard InChI is InChI=1S/C19H23NO3S2/c1-23-11-10-19(21)20(22)15-6-4-5-14(13-15)16-8-9-18(25-16)17-7-2-3-12-24-17/h4-6,8-9,13,17,22H,2-3,7,10-12H2,1H3/t17-/m0/s1. The molecule has 1 saturated heterocycles. The highest BCUT2D eigenvalue weighted by atomic mass is 32.2. The average Bonchev–Trinajstić information content (AvgIpc) is 3.16. The van der Waals surface area contributed by atoms with Crippen molar-refractivity contribution >= 4 is 34.7 Å².